The fourth-order valence-electron chi connectivity index (χ4n) is 4.74. The third-order valence-electron chi connectivity index (χ3n) is 6.84. The Hall–Kier alpha value is -4.36. The van der Waals surface area contributed by atoms with Crippen LogP contribution in [0.25, 0.3) is 33.7 Å². The number of fused-ring (bicyclic) bond motifs is 1. The zero-order chi connectivity index (χ0) is 47.5. The third kappa shape index (κ3) is 28.4. The van der Waals surface area contributed by atoms with E-state index in [9.17, 15) is 55.2 Å². The summed E-state index contributed by atoms with van der Waals surface area (Å²) in [7, 11) is -19.0. The number of para-hydroxylation sites is 1. The molecule has 0 aliphatic heterocycles. The predicted octanol–water partition coefficient (Wildman–Crippen LogP) is 14.8. The van der Waals surface area contributed by atoms with Crippen molar-refractivity contribution in [2.45, 2.75) is 0 Å². The van der Waals surface area contributed by atoms with Gasteiger partial charge in [0.25, 0.3) is 0 Å². The molecule has 0 saturated heterocycles. The standard InChI is InChI=1S/C21H16NP.C15H11N3.C3H7NO.CH2Cl2.2F6P.Ru/c1-3-11-18(12-4-1)23(19-13-5-2-6-14-19)20-15-7-9-17-10-8-16-22-21(17)20;1-3-10-16-12(6-1)14-8-5-9-15(18-14)13-7-2-4-11-17-13;1-4(2)3-5;2-1-3;2*1-7(2,3,4,5)6;/h1-16H;1-11H;3H,1-2H3;1H2;;;/q;;;;2*-1;+2/p+1. The number of benzene rings is 3. The van der Waals surface area contributed by atoms with Gasteiger partial charge in [0.2, 0.25) is 6.41 Å². The van der Waals surface area contributed by atoms with Crippen LogP contribution in [0.15, 0.2) is 164 Å². The minimum Gasteiger partial charge on any atom is -0.255 e. The topological polar surface area (TPSA) is 71.9 Å². The number of carbonyl (C=O) groups excluding carboxylic acids is 1. The van der Waals surface area contributed by atoms with Crippen molar-refractivity contribution in [2.24, 2.45) is 0 Å². The van der Waals surface area contributed by atoms with E-state index in [1.165, 1.54) is 26.2 Å². The number of nitrogens with zero attached hydrogens (tertiary/aromatic N) is 5. The smallest absolute Gasteiger partial charge is 0.255 e. The molecule has 1 amide bonds. The van der Waals surface area contributed by atoms with Crippen LogP contribution >= 0.6 is 46.7 Å². The number of pyridine rings is 4. The van der Waals surface area contributed by atoms with Crippen LogP contribution in [0, 0.1) is 0 Å². The zero-order valence-corrected chi connectivity index (χ0v) is 39.1. The van der Waals surface area contributed by atoms with Crippen molar-refractivity contribution >= 4 is 80.0 Å². The van der Waals surface area contributed by atoms with Crippen LogP contribution < -0.4 is 15.9 Å². The summed E-state index contributed by atoms with van der Waals surface area (Å²) >= 11 is 9.53. The summed E-state index contributed by atoms with van der Waals surface area (Å²) in [5.74, 6) is 0. The molecular formula is C40H37Cl2F12N5OP3Ru+. The van der Waals surface area contributed by atoms with Crippen molar-refractivity contribution in [3.05, 3.63) is 164 Å². The van der Waals surface area contributed by atoms with E-state index in [4.69, 9.17) is 23.2 Å². The van der Waals surface area contributed by atoms with E-state index < -0.39 is 23.5 Å². The molecule has 0 N–H and O–H groups in total. The van der Waals surface area contributed by atoms with E-state index in [0.29, 0.717) is 0 Å². The van der Waals surface area contributed by atoms with Crippen molar-refractivity contribution in [3.8, 4) is 22.8 Å². The Morgan fingerprint density at radius 2 is 0.828 bits per heavy atom. The molecule has 7 aromatic rings. The van der Waals surface area contributed by atoms with Gasteiger partial charge in [-0.1, -0.05) is 72.8 Å². The summed E-state index contributed by atoms with van der Waals surface area (Å²) < 4.78 is 118. The minimum absolute atomic E-state index is 0. The molecule has 4 aromatic heterocycles. The normalized spacial score (nSPS) is 12.7. The maximum Gasteiger partial charge on any atom is 2.00 e. The van der Waals surface area contributed by atoms with Crippen LogP contribution in [-0.2, 0) is 24.3 Å². The molecule has 64 heavy (non-hydrogen) atoms. The first-order chi connectivity index (χ1) is 28.9. The fraction of sp³-hybridized carbons (Fsp3) is 0.0750. The van der Waals surface area contributed by atoms with E-state index in [1.54, 1.807) is 26.5 Å². The molecule has 0 fully saturated rings. The number of rotatable bonds is 6. The molecule has 0 bridgehead atoms. The number of amides is 1. The molecule has 6 nitrogen and oxygen atoms in total. The van der Waals surface area contributed by atoms with Crippen LogP contribution in [-0.4, -0.2) is 50.7 Å². The molecule has 0 unspecified atom stereocenters. The molecule has 348 valence electrons. The third-order valence-corrected chi connectivity index (χ3v) is 9.61. The molecule has 0 aliphatic rings. The van der Waals surface area contributed by atoms with E-state index in [-0.39, 0.29) is 24.8 Å². The Labute approximate surface area is 384 Å². The quantitative estimate of drug-likeness (QED) is 0.0545. The Morgan fingerprint density at radius 1 is 0.500 bits per heavy atom. The molecule has 0 spiro atoms. The Kier molecular flexibility index (Phi) is 20.9. The minimum atomic E-state index is -10.7. The number of alkyl halides is 2. The first-order valence-corrected chi connectivity index (χ1v) is 24.1. The average Bonchev–Trinajstić information content (AvgIpc) is 3.21. The van der Waals surface area contributed by atoms with E-state index in [0.717, 1.165) is 34.7 Å². The van der Waals surface area contributed by atoms with Gasteiger partial charge >= 0.3 is 85.5 Å². The maximum absolute atomic E-state index is 10.7. The van der Waals surface area contributed by atoms with Gasteiger partial charge in [0, 0.05) is 38.1 Å². The number of hydrogen-bond donors (Lipinski definition) is 0. The van der Waals surface area contributed by atoms with E-state index >= 15 is 0 Å². The molecule has 0 radical (unpaired) electrons. The second-order valence-electron chi connectivity index (χ2n) is 12.4. The van der Waals surface area contributed by atoms with Gasteiger partial charge in [-0.3, -0.25) is 19.7 Å². The summed E-state index contributed by atoms with van der Waals surface area (Å²) in [6.07, 6.45) is 6.18. The molecular weight excluding hydrogens is 1060 g/mol. The molecule has 0 atom stereocenters. The van der Waals surface area contributed by atoms with Gasteiger partial charge in [0.15, 0.2) is 0 Å². The zero-order valence-electron chi connectivity index (χ0n) is 33.1. The summed E-state index contributed by atoms with van der Waals surface area (Å²) in [4.78, 5) is 28.7. The van der Waals surface area contributed by atoms with Crippen LogP contribution in [0.4, 0.5) is 50.4 Å². The van der Waals surface area contributed by atoms with E-state index in [2.05, 4.69) is 105 Å². The summed E-state index contributed by atoms with van der Waals surface area (Å²) in [6, 6.07) is 49.8. The Morgan fingerprint density at radius 3 is 1.19 bits per heavy atom. The molecule has 0 saturated carbocycles. The van der Waals surface area contributed by atoms with Crippen LogP contribution in [0.3, 0.4) is 0 Å². The van der Waals surface area contributed by atoms with Crippen LogP contribution in [0.5, 0.6) is 0 Å². The summed E-state index contributed by atoms with van der Waals surface area (Å²) in [6.45, 7) is 0. The summed E-state index contributed by atoms with van der Waals surface area (Å²) in [5.41, 5.74) is 4.58. The number of hydrogen-bond acceptors (Lipinski definition) is 5. The molecule has 3 aromatic carbocycles. The summed E-state index contributed by atoms with van der Waals surface area (Å²) in [5, 5.41) is 5.54. The van der Waals surface area contributed by atoms with Gasteiger partial charge in [0.05, 0.1) is 28.1 Å². The SMILES string of the molecule is CN(C)C=O.ClCCl.F[P-](F)(F)(F)(F)F.F[P-](F)(F)(F)(F)F.[Ru+2].c1ccc(-c2cccc(-c3ccccn3)n2)nc1.c1ccc([PH+](c2ccccc2)c2cccc3cccnc23)cc1. The largest absolute Gasteiger partial charge is 2.00 e. The number of halogens is 14. The van der Waals surface area contributed by atoms with Crippen molar-refractivity contribution in [2.75, 3.05) is 19.4 Å². The predicted molar refractivity (Wildman–Crippen MR) is 236 cm³/mol. The monoisotopic (exact) mass is 1100 g/mol. The molecule has 7 rings (SSSR count). The number of carbonyl (C=O) groups is 1. The Balaban J connectivity index is 0.000000442. The Bertz CT molecular complexity index is 2310. The van der Waals surface area contributed by atoms with Crippen molar-refractivity contribution < 1.29 is 74.6 Å². The van der Waals surface area contributed by atoms with Crippen molar-refractivity contribution in [1.29, 1.82) is 0 Å². The second kappa shape index (κ2) is 23.2. The molecule has 4 heterocycles. The van der Waals surface area contributed by atoms with Gasteiger partial charge in [-0.2, -0.15) is 0 Å². The van der Waals surface area contributed by atoms with Gasteiger partial charge < -0.3 is 4.90 Å². The molecule has 24 heteroatoms. The van der Waals surface area contributed by atoms with Gasteiger partial charge in [-0.25, -0.2) is 4.98 Å². The molecule has 0 aliphatic carbocycles. The van der Waals surface area contributed by atoms with Crippen LogP contribution in [0.2, 0.25) is 0 Å². The fourth-order valence-corrected chi connectivity index (χ4v) is 7.46. The van der Waals surface area contributed by atoms with E-state index in [1.807, 2.05) is 66.9 Å². The van der Waals surface area contributed by atoms with Gasteiger partial charge in [0.1, 0.15) is 29.4 Å². The van der Waals surface area contributed by atoms with Crippen molar-refractivity contribution in [1.82, 2.24) is 24.8 Å². The van der Waals surface area contributed by atoms with Gasteiger partial charge in [-0.15, -0.1) is 23.2 Å². The average molecular weight is 1100 g/mol. The number of aromatic nitrogens is 4. The van der Waals surface area contributed by atoms with Crippen molar-refractivity contribution in [3.63, 3.8) is 0 Å². The van der Waals surface area contributed by atoms with Gasteiger partial charge in [-0.05, 0) is 72.8 Å². The second-order valence-corrected chi connectivity index (χ2v) is 19.5. The first kappa shape index (κ1) is 57.7. The first-order valence-electron chi connectivity index (χ1n) is 17.4. The maximum atomic E-state index is 9.87. The van der Waals surface area contributed by atoms with Crippen LogP contribution in [0.1, 0.15) is 0 Å².